The summed E-state index contributed by atoms with van der Waals surface area (Å²) in [5.41, 5.74) is -0.141. The van der Waals surface area contributed by atoms with Gasteiger partial charge in [0.1, 0.15) is 11.6 Å². The number of carbonyl (C=O) groups is 1. The number of hydrogen-bond acceptors (Lipinski definition) is 2. The van der Waals surface area contributed by atoms with Crippen molar-refractivity contribution < 1.29 is 27.1 Å². The van der Waals surface area contributed by atoms with E-state index in [0.29, 0.717) is 0 Å². The maximum Gasteiger partial charge on any atom is 0.391 e. The minimum Gasteiger partial charge on any atom is -0.489 e. The van der Waals surface area contributed by atoms with Gasteiger partial charge in [-0.1, -0.05) is 11.6 Å². The van der Waals surface area contributed by atoms with Crippen molar-refractivity contribution in [1.29, 1.82) is 0 Å². The van der Waals surface area contributed by atoms with Crippen LogP contribution in [0.2, 0.25) is 5.02 Å². The van der Waals surface area contributed by atoms with Gasteiger partial charge in [-0.3, -0.25) is 4.79 Å². The van der Waals surface area contributed by atoms with Crippen LogP contribution in [0.1, 0.15) is 43.0 Å². The van der Waals surface area contributed by atoms with E-state index in [1.54, 1.807) is 0 Å². The Morgan fingerprint density at radius 1 is 1.23 bits per heavy atom. The van der Waals surface area contributed by atoms with Gasteiger partial charge < -0.3 is 4.74 Å². The van der Waals surface area contributed by atoms with Gasteiger partial charge in [-0.15, -0.1) is 0 Å². The van der Waals surface area contributed by atoms with Gasteiger partial charge in [0, 0.05) is 6.07 Å². The fourth-order valence-corrected chi connectivity index (χ4v) is 2.78. The lowest BCUT2D eigenvalue weighted by atomic mass is 9.87. The van der Waals surface area contributed by atoms with Gasteiger partial charge in [0.15, 0.2) is 5.78 Å². The van der Waals surface area contributed by atoms with Crippen LogP contribution < -0.4 is 4.74 Å². The molecule has 1 aromatic carbocycles. The number of ketones is 1. The lowest BCUT2D eigenvalue weighted by Gasteiger charge is -2.30. The fourth-order valence-electron chi connectivity index (χ4n) is 2.58. The van der Waals surface area contributed by atoms with Crippen LogP contribution in [0.4, 0.5) is 17.6 Å². The Morgan fingerprint density at radius 2 is 1.82 bits per heavy atom. The molecule has 0 radical (unpaired) electrons. The zero-order valence-corrected chi connectivity index (χ0v) is 12.6. The zero-order chi connectivity index (χ0) is 16.5. The Bertz CT molecular complexity index is 563. The topological polar surface area (TPSA) is 26.3 Å². The van der Waals surface area contributed by atoms with Crippen LogP contribution in [0, 0.1) is 11.7 Å². The van der Waals surface area contributed by atoms with E-state index in [0.717, 1.165) is 6.07 Å². The first-order valence-corrected chi connectivity index (χ1v) is 7.29. The number of rotatable bonds is 3. The van der Waals surface area contributed by atoms with Crippen molar-refractivity contribution in [3.05, 3.63) is 28.5 Å². The molecule has 0 aromatic heterocycles. The first kappa shape index (κ1) is 17.1. The second kappa shape index (κ2) is 6.44. The molecule has 0 aliphatic heterocycles. The molecule has 7 heteroatoms. The predicted molar refractivity (Wildman–Crippen MR) is 73.8 cm³/mol. The van der Waals surface area contributed by atoms with Crippen LogP contribution in [0.15, 0.2) is 12.1 Å². The average molecular weight is 339 g/mol. The predicted octanol–water partition coefficient (Wildman–Crippen LogP) is 5.18. The monoisotopic (exact) mass is 338 g/mol. The third-order valence-electron chi connectivity index (χ3n) is 3.83. The molecule has 0 unspecified atom stereocenters. The highest BCUT2D eigenvalue weighted by molar-refractivity contribution is 6.32. The molecule has 2 rings (SSSR count). The Morgan fingerprint density at radius 3 is 2.32 bits per heavy atom. The molecule has 22 heavy (non-hydrogen) atoms. The molecule has 1 saturated carbocycles. The Hall–Kier alpha value is -1.30. The van der Waals surface area contributed by atoms with Crippen molar-refractivity contribution in [2.24, 2.45) is 5.92 Å². The summed E-state index contributed by atoms with van der Waals surface area (Å²) in [7, 11) is 0. The number of ether oxygens (including phenoxy) is 1. The number of Topliss-reactive ketones (excluding diaryl/α,β-unsaturated/α-hetero) is 1. The van der Waals surface area contributed by atoms with E-state index < -0.39 is 29.8 Å². The molecule has 0 bridgehead atoms. The standard InChI is InChI=1S/C15H15ClF4O2/c1-8(21)11-6-12(16)14(7-13(11)17)22-10-4-2-9(3-5-10)15(18,19)20/h6-7,9-10H,2-5H2,1H3. The SMILES string of the molecule is CC(=O)c1cc(Cl)c(OC2CCC(C(F)(F)F)CC2)cc1F. The molecule has 1 fully saturated rings. The van der Waals surface area contributed by atoms with Crippen molar-refractivity contribution in [3.63, 3.8) is 0 Å². The number of halogens is 5. The molecule has 0 atom stereocenters. The number of carbonyl (C=O) groups excluding carboxylic acids is 1. The number of benzene rings is 1. The number of alkyl halides is 3. The van der Waals surface area contributed by atoms with E-state index in [1.165, 1.54) is 13.0 Å². The Kier molecular flexibility index (Phi) is 5.00. The van der Waals surface area contributed by atoms with Crippen molar-refractivity contribution >= 4 is 17.4 Å². The van der Waals surface area contributed by atoms with E-state index in [9.17, 15) is 22.4 Å². The molecule has 1 aromatic rings. The summed E-state index contributed by atoms with van der Waals surface area (Å²) >= 11 is 5.94. The Labute approximate surface area is 130 Å². The van der Waals surface area contributed by atoms with Gasteiger partial charge in [-0.25, -0.2) is 4.39 Å². The molecule has 1 aliphatic carbocycles. The van der Waals surface area contributed by atoms with Gasteiger partial charge in [0.05, 0.1) is 22.6 Å². The highest BCUT2D eigenvalue weighted by Crippen LogP contribution is 2.39. The van der Waals surface area contributed by atoms with Gasteiger partial charge in [-0.05, 0) is 38.7 Å². The van der Waals surface area contributed by atoms with Crippen molar-refractivity contribution in [3.8, 4) is 5.75 Å². The fraction of sp³-hybridized carbons (Fsp3) is 0.533. The Balaban J connectivity index is 2.04. The van der Waals surface area contributed by atoms with Crippen LogP contribution in [-0.4, -0.2) is 18.1 Å². The van der Waals surface area contributed by atoms with Crippen LogP contribution in [0.25, 0.3) is 0 Å². The average Bonchev–Trinajstić information content (AvgIpc) is 2.41. The lowest BCUT2D eigenvalue weighted by Crippen LogP contribution is -2.31. The molecule has 0 saturated heterocycles. The first-order valence-electron chi connectivity index (χ1n) is 6.92. The van der Waals surface area contributed by atoms with Crippen LogP contribution in [-0.2, 0) is 0 Å². The maximum absolute atomic E-state index is 13.7. The van der Waals surface area contributed by atoms with Gasteiger partial charge in [0.2, 0.25) is 0 Å². The molecule has 0 heterocycles. The second-order valence-corrected chi connectivity index (χ2v) is 5.86. The largest absolute Gasteiger partial charge is 0.489 e. The van der Waals surface area contributed by atoms with Crippen LogP contribution in [0.5, 0.6) is 5.75 Å². The summed E-state index contributed by atoms with van der Waals surface area (Å²) in [6, 6.07) is 2.19. The minimum absolute atomic E-state index is 0.0141. The maximum atomic E-state index is 13.7. The summed E-state index contributed by atoms with van der Waals surface area (Å²) in [4.78, 5) is 11.2. The first-order chi connectivity index (χ1) is 10.2. The lowest BCUT2D eigenvalue weighted by molar-refractivity contribution is -0.185. The van der Waals surface area contributed by atoms with Gasteiger partial charge in [0.25, 0.3) is 0 Å². The highest BCUT2D eigenvalue weighted by atomic mass is 35.5. The summed E-state index contributed by atoms with van der Waals surface area (Å²) in [6.07, 6.45) is -4.18. The molecule has 0 amide bonds. The molecule has 2 nitrogen and oxygen atoms in total. The molecular weight excluding hydrogens is 324 g/mol. The molecule has 122 valence electrons. The third-order valence-corrected chi connectivity index (χ3v) is 4.13. The summed E-state index contributed by atoms with van der Waals surface area (Å²) in [6.45, 7) is 1.22. The van der Waals surface area contributed by atoms with E-state index in [2.05, 4.69) is 0 Å². The summed E-state index contributed by atoms with van der Waals surface area (Å²) in [5, 5.41) is 0.0737. The molecule has 0 N–H and O–H groups in total. The van der Waals surface area contributed by atoms with Crippen LogP contribution in [0.3, 0.4) is 0 Å². The summed E-state index contributed by atoms with van der Waals surface area (Å²) < 4.78 is 57.0. The van der Waals surface area contributed by atoms with Gasteiger partial charge in [-0.2, -0.15) is 13.2 Å². The van der Waals surface area contributed by atoms with E-state index in [-0.39, 0.29) is 42.0 Å². The van der Waals surface area contributed by atoms with Crippen molar-refractivity contribution in [2.75, 3.05) is 0 Å². The molecular formula is C15H15ClF4O2. The van der Waals surface area contributed by atoms with Crippen LogP contribution >= 0.6 is 11.6 Å². The van der Waals surface area contributed by atoms with E-state index >= 15 is 0 Å². The summed E-state index contributed by atoms with van der Waals surface area (Å²) in [5.74, 6) is -2.47. The van der Waals surface area contributed by atoms with E-state index in [4.69, 9.17) is 16.3 Å². The second-order valence-electron chi connectivity index (χ2n) is 5.45. The highest BCUT2D eigenvalue weighted by Gasteiger charge is 2.41. The zero-order valence-electron chi connectivity index (χ0n) is 11.8. The van der Waals surface area contributed by atoms with E-state index in [1.807, 2.05) is 0 Å². The van der Waals surface area contributed by atoms with Crippen molar-refractivity contribution in [1.82, 2.24) is 0 Å². The molecule has 0 spiro atoms. The van der Waals surface area contributed by atoms with Gasteiger partial charge >= 0.3 is 6.18 Å². The number of hydrogen-bond donors (Lipinski definition) is 0. The smallest absolute Gasteiger partial charge is 0.391 e. The van der Waals surface area contributed by atoms with Crippen molar-refractivity contribution in [2.45, 2.75) is 44.9 Å². The molecule has 1 aliphatic rings. The quantitative estimate of drug-likeness (QED) is 0.560. The minimum atomic E-state index is -4.18. The normalized spacial score (nSPS) is 22.5. The third kappa shape index (κ3) is 3.91.